The van der Waals surface area contributed by atoms with E-state index in [2.05, 4.69) is 27.5 Å². The molecule has 0 amide bonds. The average Bonchev–Trinajstić information content (AvgIpc) is 2.65. The van der Waals surface area contributed by atoms with Gasteiger partial charge in [0, 0.05) is 19.3 Å². The van der Waals surface area contributed by atoms with Crippen molar-refractivity contribution in [3.63, 3.8) is 0 Å². The van der Waals surface area contributed by atoms with Gasteiger partial charge in [-0.1, -0.05) is 13.3 Å². The lowest BCUT2D eigenvalue weighted by Gasteiger charge is -2.17. The largest absolute Gasteiger partial charge is 0.367 e. The molecule has 0 radical (unpaired) electrons. The summed E-state index contributed by atoms with van der Waals surface area (Å²) >= 11 is 0. The van der Waals surface area contributed by atoms with Gasteiger partial charge in [-0.3, -0.25) is 0 Å². The lowest BCUT2D eigenvalue weighted by Crippen LogP contribution is -2.22. The Labute approximate surface area is 90.5 Å². The Bertz CT molecular complexity index is 326. The summed E-state index contributed by atoms with van der Waals surface area (Å²) < 4.78 is 0. The Morgan fingerprint density at radius 3 is 2.93 bits per heavy atom. The van der Waals surface area contributed by atoms with E-state index < -0.39 is 0 Å². The maximum atomic E-state index is 4.36. The first-order valence-electron chi connectivity index (χ1n) is 5.57. The lowest BCUT2D eigenvalue weighted by molar-refractivity contribution is 0.555. The van der Waals surface area contributed by atoms with Crippen LogP contribution in [0.4, 0.5) is 11.8 Å². The van der Waals surface area contributed by atoms with Crippen molar-refractivity contribution in [2.75, 3.05) is 17.7 Å². The quantitative estimate of drug-likeness (QED) is 0.795. The minimum absolute atomic E-state index is 0.574. The molecule has 0 saturated heterocycles. The standard InChI is InChI=1S/C11H18N4/c1-8-4-3-5-9(8)14-10-6-7-13-11(12-2)15-10/h6-9H,3-5H2,1-2H3,(H2,12,13,14,15). The van der Waals surface area contributed by atoms with Crippen LogP contribution >= 0.6 is 0 Å². The van der Waals surface area contributed by atoms with Gasteiger partial charge in [-0.2, -0.15) is 4.98 Å². The molecule has 1 fully saturated rings. The van der Waals surface area contributed by atoms with Crippen molar-refractivity contribution in [3.8, 4) is 0 Å². The third kappa shape index (κ3) is 2.37. The number of rotatable bonds is 3. The predicted octanol–water partition coefficient (Wildman–Crippen LogP) is 2.12. The maximum absolute atomic E-state index is 4.36. The monoisotopic (exact) mass is 206 g/mol. The van der Waals surface area contributed by atoms with Crippen molar-refractivity contribution in [2.24, 2.45) is 5.92 Å². The molecule has 0 spiro atoms. The van der Waals surface area contributed by atoms with Crippen LogP contribution in [0.5, 0.6) is 0 Å². The number of hydrogen-bond acceptors (Lipinski definition) is 4. The van der Waals surface area contributed by atoms with Gasteiger partial charge in [-0.15, -0.1) is 0 Å². The topological polar surface area (TPSA) is 49.8 Å². The van der Waals surface area contributed by atoms with E-state index in [-0.39, 0.29) is 0 Å². The summed E-state index contributed by atoms with van der Waals surface area (Å²) in [7, 11) is 1.83. The van der Waals surface area contributed by atoms with Crippen LogP contribution in [0.1, 0.15) is 26.2 Å². The van der Waals surface area contributed by atoms with E-state index in [1.807, 2.05) is 13.1 Å². The van der Waals surface area contributed by atoms with Crippen LogP contribution in [0.25, 0.3) is 0 Å². The molecule has 1 aliphatic carbocycles. The molecule has 0 aliphatic heterocycles. The fraction of sp³-hybridized carbons (Fsp3) is 0.636. The molecule has 0 aromatic carbocycles. The van der Waals surface area contributed by atoms with Gasteiger partial charge in [0.25, 0.3) is 0 Å². The molecular formula is C11H18N4. The molecule has 1 saturated carbocycles. The molecule has 2 N–H and O–H groups in total. The van der Waals surface area contributed by atoms with E-state index in [1.165, 1.54) is 19.3 Å². The second-order valence-corrected chi connectivity index (χ2v) is 4.17. The van der Waals surface area contributed by atoms with E-state index >= 15 is 0 Å². The van der Waals surface area contributed by atoms with Gasteiger partial charge >= 0.3 is 0 Å². The molecule has 4 heteroatoms. The molecule has 2 unspecified atom stereocenters. The van der Waals surface area contributed by atoms with E-state index in [4.69, 9.17) is 0 Å². The maximum Gasteiger partial charge on any atom is 0.224 e. The highest BCUT2D eigenvalue weighted by atomic mass is 15.1. The van der Waals surface area contributed by atoms with Crippen LogP contribution in [0.15, 0.2) is 12.3 Å². The molecule has 4 nitrogen and oxygen atoms in total. The minimum Gasteiger partial charge on any atom is -0.367 e. The molecule has 2 rings (SSSR count). The Morgan fingerprint density at radius 2 is 2.27 bits per heavy atom. The molecule has 0 bridgehead atoms. The van der Waals surface area contributed by atoms with Crippen molar-refractivity contribution in [1.82, 2.24) is 9.97 Å². The van der Waals surface area contributed by atoms with E-state index in [9.17, 15) is 0 Å². The molecule has 1 aromatic heterocycles. The number of nitrogens with one attached hydrogen (secondary N) is 2. The van der Waals surface area contributed by atoms with Crippen LogP contribution in [0.3, 0.4) is 0 Å². The highest BCUT2D eigenvalue weighted by Gasteiger charge is 2.23. The molecular weight excluding hydrogens is 188 g/mol. The van der Waals surface area contributed by atoms with Gasteiger partial charge in [-0.05, 0) is 24.8 Å². The van der Waals surface area contributed by atoms with Crippen molar-refractivity contribution in [2.45, 2.75) is 32.2 Å². The highest BCUT2D eigenvalue weighted by Crippen LogP contribution is 2.27. The van der Waals surface area contributed by atoms with Crippen LogP contribution in [-0.4, -0.2) is 23.1 Å². The van der Waals surface area contributed by atoms with Gasteiger partial charge in [-0.25, -0.2) is 4.98 Å². The first-order valence-corrected chi connectivity index (χ1v) is 5.57. The van der Waals surface area contributed by atoms with Crippen molar-refractivity contribution < 1.29 is 0 Å². The average molecular weight is 206 g/mol. The second kappa shape index (κ2) is 4.47. The SMILES string of the molecule is CNc1nccc(NC2CCCC2C)n1. The summed E-state index contributed by atoms with van der Waals surface area (Å²) in [6.07, 6.45) is 5.67. The fourth-order valence-electron chi connectivity index (χ4n) is 2.11. The smallest absolute Gasteiger partial charge is 0.224 e. The summed E-state index contributed by atoms with van der Waals surface area (Å²) in [4.78, 5) is 8.45. The zero-order valence-corrected chi connectivity index (χ0v) is 9.33. The first kappa shape index (κ1) is 10.2. The Hall–Kier alpha value is -1.32. The van der Waals surface area contributed by atoms with Crippen LogP contribution in [-0.2, 0) is 0 Å². The molecule has 1 aromatic rings. The number of anilines is 2. The number of aromatic nitrogens is 2. The third-order valence-electron chi connectivity index (χ3n) is 3.07. The normalized spacial score (nSPS) is 25.2. The number of hydrogen-bond donors (Lipinski definition) is 2. The van der Waals surface area contributed by atoms with Crippen LogP contribution in [0, 0.1) is 5.92 Å². The second-order valence-electron chi connectivity index (χ2n) is 4.17. The highest BCUT2D eigenvalue weighted by molar-refractivity contribution is 5.40. The van der Waals surface area contributed by atoms with Crippen LogP contribution in [0.2, 0.25) is 0 Å². The first-order chi connectivity index (χ1) is 7.29. The Morgan fingerprint density at radius 1 is 1.40 bits per heavy atom. The minimum atomic E-state index is 0.574. The van der Waals surface area contributed by atoms with Crippen molar-refractivity contribution >= 4 is 11.8 Å². The van der Waals surface area contributed by atoms with Crippen molar-refractivity contribution in [1.29, 1.82) is 0 Å². The summed E-state index contributed by atoms with van der Waals surface area (Å²) in [6.45, 7) is 2.30. The molecule has 15 heavy (non-hydrogen) atoms. The van der Waals surface area contributed by atoms with Gasteiger partial charge < -0.3 is 10.6 Å². The fourth-order valence-corrected chi connectivity index (χ4v) is 2.11. The summed E-state index contributed by atoms with van der Waals surface area (Å²) in [5.74, 6) is 2.34. The summed E-state index contributed by atoms with van der Waals surface area (Å²) in [5, 5.41) is 6.42. The van der Waals surface area contributed by atoms with Crippen LogP contribution < -0.4 is 10.6 Å². The zero-order chi connectivity index (χ0) is 10.7. The zero-order valence-electron chi connectivity index (χ0n) is 9.33. The van der Waals surface area contributed by atoms with Crippen molar-refractivity contribution in [3.05, 3.63) is 12.3 Å². The van der Waals surface area contributed by atoms with E-state index in [0.717, 1.165) is 11.7 Å². The Balaban J connectivity index is 2.03. The summed E-state index contributed by atoms with van der Waals surface area (Å²) in [6, 6.07) is 2.50. The van der Waals surface area contributed by atoms with E-state index in [0.29, 0.717) is 12.0 Å². The van der Waals surface area contributed by atoms with E-state index in [1.54, 1.807) is 6.20 Å². The van der Waals surface area contributed by atoms with Gasteiger partial charge in [0.1, 0.15) is 5.82 Å². The lowest BCUT2D eigenvalue weighted by atomic mass is 10.1. The molecule has 1 aliphatic rings. The van der Waals surface area contributed by atoms with Gasteiger partial charge in [0.15, 0.2) is 0 Å². The van der Waals surface area contributed by atoms with Gasteiger partial charge in [0.05, 0.1) is 0 Å². The summed E-state index contributed by atoms with van der Waals surface area (Å²) in [5.41, 5.74) is 0. The Kier molecular flexibility index (Phi) is 3.04. The van der Waals surface area contributed by atoms with Gasteiger partial charge in [0.2, 0.25) is 5.95 Å². The third-order valence-corrected chi connectivity index (χ3v) is 3.07. The molecule has 2 atom stereocenters. The molecule has 1 heterocycles. The molecule has 82 valence electrons. The number of nitrogens with zero attached hydrogens (tertiary/aromatic N) is 2. The predicted molar refractivity (Wildman–Crippen MR) is 62.0 cm³/mol.